The van der Waals surface area contributed by atoms with Gasteiger partial charge in [-0.2, -0.15) is 0 Å². The summed E-state index contributed by atoms with van der Waals surface area (Å²) in [5.74, 6) is 0.394. The Hall–Kier alpha value is -2.43. The third-order valence-corrected chi connectivity index (χ3v) is 9.61. The summed E-state index contributed by atoms with van der Waals surface area (Å²) < 4.78 is 6.24. The average Bonchev–Trinajstić information content (AvgIpc) is 3.36. The molecule has 1 saturated carbocycles. The van der Waals surface area contributed by atoms with Crippen molar-refractivity contribution in [1.82, 2.24) is 4.90 Å². The van der Waals surface area contributed by atoms with E-state index in [0.29, 0.717) is 25.9 Å². The van der Waals surface area contributed by atoms with Crippen molar-refractivity contribution in [3.05, 3.63) is 75.8 Å². The SMILES string of the molecule is CC1(C)C2=C(CC34CC(=O)C5(COC(c6ccccc6)N5C3=O)CC14)c1ccc(Cl)cc1C2. The lowest BCUT2D eigenvalue weighted by Crippen LogP contribution is -2.74. The number of ether oxygens (including phenoxy) is 1. The number of carbonyl (C=O) groups is 2. The smallest absolute Gasteiger partial charge is 0.233 e. The van der Waals surface area contributed by atoms with E-state index < -0.39 is 17.2 Å². The first-order valence-corrected chi connectivity index (χ1v) is 12.2. The second-order valence-electron chi connectivity index (χ2n) is 11.1. The molecule has 3 heterocycles. The molecule has 4 atom stereocenters. The molecule has 5 heteroatoms. The fraction of sp³-hybridized carbons (Fsp3) is 0.429. The Morgan fingerprint density at radius 1 is 1.06 bits per heavy atom. The van der Waals surface area contributed by atoms with Crippen LogP contribution in [0.1, 0.15) is 56.0 Å². The number of benzene rings is 2. The van der Waals surface area contributed by atoms with Gasteiger partial charge in [-0.15, -0.1) is 0 Å². The number of rotatable bonds is 1. The molecule has 3 saturated heterocycles. The molecule has 1 amide bonds. The van der Waals surface area contributed by atoms with Crippen LogP contribution in [0.2, 0.25) is 5.02 Å². The van der Waals surface area contributed by atoms with Gasteiger partial charge in [-0.3, -0.25) is 14.5 Å². The summed E-state index contributed by atoms with van der Waals surface area (Å²) in [4.78, 5) is 30.0. The largest absolute Gasteiger partial charge is 0.351 e. The number of hydrogen-bond acceptors (Lipinski definition) is 3. The maximum Gasteiger partial charge on any atom is 0.233 e. The molecule has 2 aromatic rings. The predicted octanol–water partition coefficient (Wildman–Crippen LogP) is 5.36. The van der Waals surface area contributed by atoms with Gasteiger partial charge in [0.25, 0.3) is 0 Å². The summed E-state index contributed by atoms with van der Waals surface area (Å²) in [6.45, 7) is 4.86. The van der Waals surface area contributed by atoms with Gasteiger partial charge in [0.2, 0.25) is 5.91 Å². The minimum atomic E-state index is -0.839. The lowest BCUT2D eigenvalue weighted by atomic mass is 9.44. The van der Waals surface area contributed by atoms with Crippen LogP contribution in [0.25, 0.3) is 5.57 Å². The van der Waals surface area contributed by atoms with Gasteiger partial charge in [0.1, 0.15) is 5.54 Å². The van der Waals surface area contributed by atoms with Crippen molar-refractivity contribution in [1.29, 1.82) is 0 Å². The Balaban J connectivity index is 1.39. The van der Waals surface area contributed by atoms with E-state index in [-0.39, 0.29) is 23.0 Å². The number of Topliss-reactive ketones (excluding diaryl/α,β-unsaturated/α-hetero) is 1. The second kappa shape index (κ2) is 6.17. The highest BCUT2D eigenvalue weighted by Crippen LogP contribution is 2.69. The van der Waals surface area contributed by atoms with E-state index in [1.54, 1.807) is 0 Å². The van der Waals surface area contributed by atoms with Crippen molar-refractivity contribution in [2.45, 2.75) is 51.3 Å². The molecule has 2 aromatic carbocycles. The number of halogens is 1. The standard InChI is InChI=1S/C28H26ClNO3/c1-26(2)21-11-17-10-18(29)8-9-19(17)20(21)12-27-14-23(31)28(13-22(26)27)15-33-24(30(28)25(27)32)16-6-4-3-5-7-16/h3-10,22,24H,11-15H2,1-2H3. The number of nitrogens with zero attached hydrogens (tertiary/aromatic N) is 1. The van der Waals surface area contributed by atoms with Crippen molar-refractivity contribution in [3.8, 4) is 0 Å². The zero-order valence-corrected chi connectivity index (χ0v) is 19.6. The first-order valence-electron chi connectivity index (χ1n) is 11.8. The van der Waals surface area contributed by atoms with Crippen molar-refractivity contribution in [2.24, 2.45) is 16.7 Å². The van der Waals surface area contributed by atoms with Gasteiger partial charge in [-0.1, -0.05) is 67.4 Å². The van der Waals surface area contributed by atoms with Gasteiger partial charge in [0.05, 0.1) is 12.0 Å². The first kappa shape index (κ1) is 20.0. The first-order chi connectivity index (χ1) is 15.8. The molecule has 4 nitrogen and oxygen atoms in total. The molecule has 3 aliphatic heterocycles. The minimum Gasteiger partial charge on any atom is -0.351 e. The maximum absolute atomic E-state index is 14.4. The quantitative estimate of drug-likeness (QED) is 0.577. The summed E-state index contributed by atoms with van der Waals surface area (Å²) in [5.41, 5.74) is 4.34. The molecule has 0 radical (unpaired) electrons. The number of amides is 1. The van der Waals surface area contributed by atoms with Gasteiger partial charge in [-0.05, 0) is 59.4 Å². The van der Waals surface area contributed by atoms with Crippen LogP contribution in [0.4, 0.5) is 0 Å². The Bertz CT molecular complexity index is 1280. The van der Waals surface area contributed by atoms with E-state index in [1.165, 1.54) is 22.3 Å². The number of hydrogen-bond donors (Lipinski definition) is 0. The van der Waals surface area contributed by atoms with Gasteiger partial charge < -0.3 is 4.74 Å². The highest BCUT2D eigenvalue weighted by atomic mass is 35.5. The van der Waals surface area contributed by atoms with E-state index >= 15 is 0 Å². The molecule has 6 aliphatic rings. The highest BCUT2D eigenvalue weighted by molar-refractivity contribution is 6.30. The number of ketones is 1. The summed E-state index contributed by atoms with van der Waals surface area (Å²) in [6.07, 6.45) is 2.02. The van der Waals surface area contributed by atoms with Crippen LogP contribution in [0.15, 0.2) is 54.1 Å². The van der Waals surface area contributed by atoms with Crippen LogP contribution in [0.5, 0.6) is 0 Å². The minimum absolute atomic E-state index is 0.103. The summed E-state index contributed by atoms with van der Waals surface area (Å²) >= 11 is 6.32. The lowest BCUT2D eigenvalue weighted by Gasteiger charge is -2.64. The van der Waals surface area contributed by atoms with Crippen LogP contribution in [0, 0.1) is 16.7 Å². The number of carbonyl (C=O) groups excluding carboxylic acids is 2. The van der Waals surface area contributed by atoms with E-state index in [4.69, 9.17) is 16.3 Å². The maximum atomic E-state index is 14.4. The zero-order chi connectivity index (χ0) is 22.8. The van der Waals surface area contributed by atoms with Gasteiger partial charge in [0, 0.05) is 17.0 Å². The highest BCUT2D eigenvalue weighted by Gasteiger charge is 2.74. The topological polar surface area (TPSA) is 46.6 Å². The van der Waals surface area contributed by atoms with E-state index in [0.717, 1.165) is 17.0 Å². The third kappa shape index (κ3) is 2.27. The number of piperidine rings is 2. The Kier molecular flexibility index (Phi) is 3.73. The molecule has 33 heavy (non-hydrogen) atoms. The van der Waals surface area contributed by atoms with Crippen LogP contribution < -0.4 is 0 Å². The van der Waals surface area contributed by atoms with Crippen LogP contribution in [-0.2, 0) is 20.7 Å². The monoisotopic (exact) mass is 459 g/mol. The molecule has 168 valence electrons. The molecule has 4 unspecified atom stereocenters. The normalized spacial score (nSPS) is 35.4. The van der Waals surface area contributed by atoms with Crippen molar-refractivity contribution < 1.29 is 14.3 Å². The van der Waals surface area contributed by atoms with Gasteiger partial charge >= 0.3 is 0 Å². The van der Waals surface area contributed by atoms with Crippen molar-refractivity contribution in [2.75, 3.05) is 6.61 Å². The fourth-order valence-corrected chi connectivity index (χ4v) is 8.02. The second-order valence-corrected chi connectivity index (χ2v) is 11.6. The third-order valence-electron chi connectivity index (χ3n) is 9.37. The molecule has 4 fully saturated rings. The summed E-state index contributed by atoms with van der Waals surface area (Å²) in [7, 11) is 0. The molecular formula is C28H26ClNO3. The molecule has 2 bridgehead atoms. The average molecular weight is 460 g/mol. The Morgan fingerprint density at radius 3 is 2.64 bits per heavy atom. The van der Waals surface area contributed by atoms with E-state index in [9.17, 15) is 9.59 Å². The van der Waals surface area contributed by atoms with Crippen LogP contribution in [0.3, 0.4) is 0 Å². The van der Waals surface area contributed by atoms with Crippen molar-refractivity contribution in [3.63, 3.8) is 0 Å². The van der Waals surface area contributed by atoms with Crippen LogP contribution >= 0.6 is 11.6 Å². The van der Waals surface area contributed by atoms with Crippen molar-refractivity contribution >= 4 is 28.9 Å². The molecule has 0 N–H and O–H groups in total. The van der Waals surface area contributed by atoms with E-state index in [1.807, 2.05) is 41.3 Å². The molecule has 8 rings (SSSR count). The Labute approximate surface area is 198 Å². The Morgan fingerprint density at radius 2 is 1.85 bits per heavy atom. The zero-order valence-electron chi connectivity index (χ0n) is 18.9. The fourth-order valence-electron chi connectivity index (χ4n) is 7.82. The van der Waals surface area contributed by atoms with Crippen LogP contribution in [-0.4, -0.2) is 28.7 Å². The molecule has 2 spiro atoms. The van der Waals surface area contributed by atoms with Gasteiger partial charge in [-0.25, -0.2) is 0 Å². The molecule has 0 aromatic heterocycles. The molecule has 3 aliphatic carbocycles. The predicted molar refractivity (Wildman–Crippen MR) is 125 cm³/mol. The molecular weight excluding hydrogens is 434 g/mol. The van der Waals surface area contributed by atoms with E-state index in [2.05, 4.69) is 26.0 Å². The van der Waals surface area contributed by atoms with Gasteiger partial charge in [0.15, 0.2) is 12.0 Å². The number of fused-ring (bicyclic) bond motifs is 3. The summed E-state index contributed by atoms with van der Waals surface area (Å²) in [6, 6.07) is 15.9. The number of allylic oxidation sites excluding steroid dienone is 2. The summed E-state index contributed by atoms with van der Waals surface area (Å²) in [5, 5.41) is 0.747. The lowest BCUT2D eigenvalue weighted by molar-refractivity contribution is -0.190.